The van der Waals surface area contributed by atoms with Gasteiger partial charge in [-0.1, -0.05) is 0 Å². The lowest BCUT2D eigenvalue weighted by molar-refractivity contribution is -0.135. The molecule has 0 fully saturated rings. The molecule has 0 atom stereocenters. The first-order chi connectivity index (χ1) is 9.00. The summed E-state index contributed by atoms with van der Waals surface area (Å²) in [6.07, 6.45) is 1.38. The van der Waals surface area contributed by atoms with Gasteiger partial charge in [0.15, 0.2) is 5.76 Å². The molecule has 2 aromatic heterocycles. The van der Waals surface area contributed by atoms with Crippen LogP contribution in [0.25, 0.3) is 0 Å². The number of aromatic nitrogens is 1. The summed E-state index contributed by atoms with van der Waals surface area (Å²) in [5.41, 5.74) is 1.55. The smallest absolute Gasteiger partial charge is 0.325 e. The van der Waals surface area contributed by atoms with Crippen LogP contribution in [-0.4, -0.2) is 28.2 Å². The molecule has 0 aliphatic heterocycles. The summed E-state index contributed by atoms with van der Waals surface area (Å²) in [5, 5.41) is 10.1. The van der Waals surface area contributed by atoms with E-state index in [1.54, 1.807) is 24.6 Å². The Bertz CT molecular complexity index is 579. The second-order valence-electron chi connectivity index (χ2n) is 4.16. The Hall–Kier alpha value is -2.50. The van der Waals surface area contributed by atoms with Gasteiger partial charge in [0.1, 0.15) is 6.54 Å². The van der Waals surface area contributed by atoms with Crippen molar-refractivity contribution in [1.82, 2.24) is 4.68 Å². The minimum absolute atomic E-state index is 0.105. The third-order valence-corrected chi connectivity index (χ3v) is 2.73. The summed E-state index contributed by atoms with van der Waals surface area (Å²) in [7, 11) is 0. The zero-order valence-electron chi connectivity index (χ0n) is 10.7. The van der Waals surface area contributed by atoms with Crippen LogP contribution < -0.4 is 5.01 Å². The topological polar surface area (TPSA) is 75.7 Å². The van der Waals surface area contributed by atoms with Gasteiger partial charge in [0, 0.05) is 11.4 Å². The molecule has 0 unspecified atom stereocenters. The van der Waals surface area contributed by atoms with Crippen molar-refractivity contribution >= 4 is 11.9 Å². The van der Waals surface area contributed by atoms with Crippen LogP contribution in [0.5, 0.6) is 0 Å². The molecule has 19 heavy (non-hydrogen) atoms. The van der Waals surface area contributed by atoms with Crippen LogP contribution in [0.15, 0.2) is 34.9 Å². The number of aryl methyl sites for hydroxylation is 2. The van der Waals surface area contributed by atoms with Crippen LogP contribution in [0.1, 0.15) is 21.9 Å². The summed E-state index contributed by atoms with van der Waals surface area (Å²) in [5.74, 6) is -1.48. The first-order valence-corrected chi connectivity index (χ1v) is 5.73. The minimum Gasteiger partial charge on any atom is -0.480 e. The molecule has 100 valence electrons. The van der Waals surface area contributed by atoms with Crippen molar-refractivity contribution < 1.29 is 19.1 Å². The Morgan fingerprint density at radius 1 is 1.26 bits per heavy atom. The monoisotopic (exact) mass is 262 g/mol. The Morgan fingerprint density at radius 3 is 2.37 bits per heavy atom. The van der Waals surface area contributed by atoms with Crippen molar-refractivity contribution in [2.75, 3.05) is 11.6 Å². The molecule has 0 spiro atoms. The Balaban J connectivity index is 2.42. The van der Waals surface area contributed by atoms with E-state index in [1.165, 1.54) is 12.3 Å². The molecule has 1 N–H and O–H groups in total. The first-order valence-electron chi connectivity index (χ1n) is 5.73. The molecule has 2 rings (SSSR count). The number of hydrogen-bond acceptors (Lipinski definition) is 3. The number of aliphatic carboxylic acids is 1. The number of carboxylic acids is 1. The molecule has 0 aromatic carbocycles. The summed E-state index contributed by atoms with van der Waals surface area (Å²) >= 11 is 0. The van der Waals surface area contributed by atoms with E-state index in [0.29, 0.717) is 0 Å². The molecule has 6 nitrogen and oxygen atoms in total. The lowest BCUT2D eigenvalue weighted by Gasteiger charge is -2.24. The van der Waals surface area contributed by atoms with Crippen molar-refractivity contribution in [2.45, 2.75) is 13.8 Å². The number of rotatable bonds is 4. The van der Waals surface area contributed by atoms with Crippen molar-refractivity contribution in [3.63, 3.8) is 0 Å². The number of amides is 1. The zero-order chi connectivity index (χ0) is 14.0. The largest absolute Gasteiger partial charge is 0.480 e. The van der Waals surface area contributed by atoms with E-state index in [1.807, 2.05) is 12.1 Å². The average Bonchev–Trinajstić information content (AvgIpc) is 2.96. The highest BCUT2D eigenvalue weighted by molar-refractivity contribution is 6.01. The van der Waals surface area contributed by atoms with Crippen molar-refractivity contribution in [2.24, 2.45) is 0 Å². The Kier molecular flexibility index (Phi) is 3.41. The normalized spacial score (nSPS) is 10.4. The van der Waals surface area contributed by atoms with Crippen molar-refractivity contribution in [1.29, 1.82) is 0 Å². The van der Waals surface area contributed by atoms with Gasteiger partial charge in [0.2, 0.25) is 0 Å². The first kappa shape index (κ1) is 12.9. The van der Waals surface area contributed by atoms with Crippen LogP contribution in [0, 0.1) is 13.8 Å². The molecule has 6 heteroatoms. The van der Waals surface area contributed by atoms with Gasteiger partial charge in [-0.15, -0.1) is 0 Å². The standard InChI is InChI=1S/C13H14N2O4/c1-9-5-6-10(2)15(9)14(8-12(16)17)13(18)11-4-3-7-19-11/h3-7H,8H2,1-2H3,(H,16,17). The molecule has 0 aliphatic carbocycles. The molecule has 0 saturated heterocycles. The van der Waals surface area contributed by atoms with Crippen LogP contribution >= 0.6 is 0 Å². The number of carboxylic acid groups (broad SMARTS) is 1. The molecular weight excluding hydrogens is 248 g/mol. The van der Waals surface area contributed by atoms with E-state index >= 15 is 0 Å². The van der Waals surface area contributed by atoms with Crippen LogP contribution in [-0.2, 0) is 4.79 Å². The van der Waals surface area contributed by atoms with Gasteiger partial charge in [-0.2, -0.15) is 0 Å². The fourth-order valence-corrected chi connectivity index (χ4v) is 1.93. The van der Waals surface area contributed by atoms with Gasteiger partial charge in [0.25, 0.3) is 0 Å². The maximum atomic E-state index is 12.3. The van der Waals surface area contributed by atoms with E-state index in [9.17, 15) is 9.59 Å². The summed E-state index contributed by atoms with van der Waals surface area (Å²) in [6, 6.07) is 6.73. The quantitative estimate of drug-likeness (QED) is 0.907. The molecule has 0 saturated carbocycles. The highest BCUT2D eigenvalue weighted by atomic mass is 16.4. The SMILES string of the molecule is Cc1ccc(C)n1N(CC(=O)O)C(=O)c1ccco1. The van der Waals surface area contributed by atoms with Gasteiger partial charge in [0.05, 0.1) is 6.26 Å². The van der Waals surface area contributed by atoms with Gasteiger partial charge in [-0.25, -0.2) is 5.01 Å². The van der Waals surface area contributed by atoms with E-state index in [2.05, 4.69) is 0 Å². The average molecular weight is 262 g/mol. The van der Waals surface area contributed by atoms with Crippen molar-refractivity contribution in [3.05, 3.63) is 47.7 Å². The number of nitrogens with zero attached hydrogens (tertiary/aromatic N) is 2. The maximum Gasteiger partial charge on any atom is 0.325 e. The highest BCUT2D eigenvalue weighted by Crippen LogP contribution is 2.12. The maximum absolute atomic E-state index is 12.3. The predicted octanol–water partition coefficient (Wildman–Crippen LogP) is 1.56. The van der Waals surface area contributed by atoms with E-state index < -0.39 is 18.4 Å². The highest BCUT2D eigenvalue weighted by Gasteiger charge is 2.24. The van der Waals surface area contributed by atoms with Gasteiger partial charge < -0.3 is 9.52 Å². The van der Waals surface area contributed by atoms with Gasteiger partial charge in [-0.3, -0.25) is 14.3 Å². The van der Waals surface area contributed by atoms with E-state index in [-0.39, 0.29) is 5.76 Å². The van der Waals surface area contributed by atoms with Gasteiger partial charge >= 0.3 is 11.9 Å². The lowest BCUT2D eigenvalue weighted by atomic mass is 10.4. The molecule has 2 aromatic rings. The van der Waals surface area contributed by atoms with Crippen molar-refractivity contribution in [3.8, 4) is 0 Å². The number of furan rings is 1. The number of carbonyl (C=O) groups is 2. The Morgan fingerprint density at radius 2 is 1.89 bits per heavy atom. The van der Waals surface area contributed by atoms with E-state index in [0.717, 1.165) is 16.4 Å². The lowest BCUT2D eigenvalue weighted by Crippen LogP contribution is -2.45. The minimum atomic E-state index is -1.09. The third kappa shape index (κ3) is 2.52. The van der Waals surface area contributed by atoms with E-state index in [4.69, 9.17) is 9.52 Å². The predicted molar refractivity (Wildman–Crippen MR) is 67.7 cm³/mol. The molecule has 0 aliphatic rings. The van der Waals surface area contributed by atoms with Gasteiger partial charge in [-0.05, 0) is 38.1 Å². The molecule has 2 heterocycles. The second-order valence-corrected chi connectivity index (χ2v) is 4.16. The van der Waals surface area contributed by atoms with Crippen LogP contribution in [0.3, 0.4) is 0 Å². The van der Waals surface area contributed by atoms with Crippen LogP contribution in [0.4, 0.5) is 0 Å². The zero-order valence-corrected chi connectivity index (χ0v) is 10.7. The summed E-state index contributed by atoms with van der Waals surface area (Å²) in [4.78, 5) is 23.3. The second kappa shape index (κ2) is 5.01. The summed E-state index contributed by atoms with van der Waals surface area (Å²) < 4.78 is 6.61. The molecule has 1 amide bonds. The number of hydrogen-bond donors (Lipinski definition) is 1. The fourth-order valence-electron chi connectivity index (χ4n) is 1.93. The third-order valence-electron chi connectivity index (χ3n) is 2.73. The molecular formula is C13H14N2O4. The molecule has 0 bridgehead atoms. The fraction of sp³-hybridized carbons (Fsp3) is 0.231. The van der Waals surface area contributed by atoms with Crippen LogP contribution in [0.2, 0.25) is 0 Å². The Labute approximate surface area is 109 Å². The molecule has 0 radical (unpaired) electrons. The summed E-state index contributed by atoms with van der Waals surface area (Å²) in [6.45, 7) is 3.17. The number of carbonyl (C=O) groups excluding carboxylic acids is 1.